The Hall–Kier alpha value is -3.46. The summed E-state index contributed by atoms with van der Waals surface area (Å²) >= 11 is 3.29. The van der Waals surface area contributed by atoms with Gasteiger partial charge in [0.1, 0.15) is 5.57 Å². The first kappa shape index (κ1) is 21.3. The number of halogens is 1. The van der Waals surface area contributed by atoms with Gasteiger partial charge in [-0.05, 0) is 55.0 Å². The number of urea groups is 1. The van der Waals surface area contributed by atoms with E-state index in [0.29, 0.717) is 17.9 Å². The number of benzene rings is 2. The van der Waals surface area contributed by atoms with Gasteiger partial charge in [-0.25, -0.2) is 9.69 Å². The van der Waals surface area contributed by atoms with Gasteiger partial charge in [-0.15, -0.1) is 0 Å². The van der Waals surface area contributed by atoms with Crippen LogP contribution in [0.15, 0.2) is 52.5 Å². The Morgan fingerprint density at radius 1 is 1.10 bits per heavy atom. The fourth-order valence-electron chi connectivity index (χ4n) is 2.77. The summed E-state index contributed by atoms with van der Waals surface area (Å²) in [5.74, 6) is -1.56. The Morgan fingerprint density at radius 2 is 1.80 bits per heavy atom. The van der Waals surface area contributed by atoms with E-state index in [4.69, 9.17) is 9.47 Å². The number of barbiturate groups is 1. The molecule has 0 aliphatic carbocycles. The highest BCUT2D eigenvalue weighted by Gasteiger charge is 2.36. The van der Waals surface area contributed by atoms with Crippen LogP contribution in [0.4, 0.5) is 10.5 Å². The zero-order valence-electron chi connectivity index (χ0n) is 16.1. The summed E-state index contributed by atoms with van der Waals surface area (Å²) in [6, 6.07) is 10.3. The van der Waals surface area contributed by atoms with Crippen LogP contribution in [-0.2, 0) is 14.4 Å². The van der Waals surface area contributed by atoms with Crippen LogP contribution in [0.1, 0.15) is 19.4 Å². The number of hydrogen-bond acceptors (Lipinski definition) is 6. The largest absolute Gasteiger partial charge is 0.490 e. The van der Waals surface area contributed by atoms with Crippen LogP contribution in [0.25, 0.3) is 6.08 Å². The van der Waals surface area contributed by atoms with E-state index >= 15 is 0 Å². The lowest BCUT2D eigenvalue weighted by molar-refractivity contribution is -0.132. The van der Waals surface area contributed by atoms with Crippen LogP contribution < -0.4 is 19.7 Å². The van der Waals surface area contributed by atoms with E-state index in [-0.39, 0.29) is 17.1 Å². The minimum Gasteiger partial charge on any atom is -0.490 e. The molecule has 1 saturated heterocycles. The lowest BCUT2D eigenvalue weighted by Gasteiger charge is -2.26. The van der Waals surface area contributed by atoms with Crippen molar-refractivity contribution >= 4 is 51.5 Å². The molecule has 0 atom stereocenters. The molecule has 2 aromatic carbocycles. The predicted molar refractivity (Wildman–Crippen MR) is 112 cm³/mol. The molecule has 0 aromatic heterocycles. The molecule has 0 unspecified atom stereocenters. The normalized spacial score (nSPS) is 15.2. The second-order valence-electron chi connectivity index (χ2n) is 6.17. The summed E-state index contributed by atoms with van der Waals surface area (Å²) in [5.41, 5.74) is 0.553. The van der Waals surface area contributed by atoms with Gasteiger partial charge in [-0.2, -0.15) is 0 Å². The summed E-state index contributed by atoms with van der Waals surface area (Å²) in [5, 5.41) is 2.17. The molecule has 1 N–H and O–H groups in total. The highest BCUT2D eigenvalue weighted by atomic mass is 79.9. The van der Waals surface area contributed by atoms with E-state index < -0.39 is 23.8 Å². The monoisotopic (exact) mass is 472 g/mol. The SMILES string of the molecule is CCOc1cc(/C=C2/C(=O)NC(=O)N(c3ccc(Br)cc3)C2=O)ccc1OC(C)=O. The van der Waals surface area contributed by atoms with Crippen LogP contribution in [-0.4, -0.2) is 30.4 Å². The molecule has 0 bridgehead atoms. The number of rotatable bonds is 5. The van der Waals surface area contributed by atoms with Crippen LogP contribution in [0.2, 0.25) is 0 Å². The van der Waals surface area contributed by atoms with Crippen molar-refractivity contribution in [1.29, 1.82) is 0 Å². The van der Waals surface area contributed by atoms with E-state index in [2.05, 4.69) is 21.2 Å². The van der Waals surface area contributed by atoms with Crippen LogP contribution >= 0.6 is 15.9 Å². The van der Waals surface area contributed by atoms with E-state index in [9.17, 15) is 19.2 Å². The Labute approximate surface area is 180 Å². The van der Waals surface area contributed by atoms with E-state index in [1.807, 2.05) is 0 Å². The Balaban J connectivity index is 1.98. The first-order valence-electron chi connectivity index (χ1n) is 8.92. The van der Waals surface area contributed by atoms with Crippen LogP contribution in [0, 0.1) is 0 Å². The smallest absolute Gasteiger partial charge is 0.335 e. The summed E-state index contributed by atoms with van der Waals surface area (Å²) in [7, 11) is 0. The zero-order chi connectivity index (χ0) is 21.8. The Bertz CT molecular complexity index is 1060. The molecule has 30 heavy (non-hydrogen) atoms. The maximum absolute atomic E-state index is 12.9. The van der Waals surface area contributed by atoms with Gasteiger partial charge < -0.3 is 9.47 Å². The van der Waals surface area contributed by atoms with Crippen molar-refractivity contribution in [2.24, 2.45) is 0 Å². The zero-order valence-corrected chi connectivity index (χ0v) is 17.7. The molecular formula is C21H17BrN2O6. The highest BCUT2D eigenvalue weighted by Crippen LogP contribution is 2.30. The third kappa shape index (κ3) is 4.57. The van der Waals surface area contributed by atoms with Gasteiger partial charge in [0.2, 0.25) is 0 Å². The predicted octanol–water partition coefficient (Wildman–Crippen LogP) is 3.44. The Morgan fingerprint density at radius 3 is 2.43 bits per heavy atom. The maximum atomic E-state index is 12.9. The van der Waals surface area contributed by atoms with Crippen molar-refractivity contribution in [3.63, 3.8) is 0 Å². The van der Waals surface area contributed by atoms with Crippen molar-refractivity contribution in [2.75, 3.05) is 11.5 Å². The van der Waals surface area contributed by atoms with E-state index in [1.165, 1.54) is 25.1 Å². The van der Waals surface area contributed by atoms with E-state index in [0.717, 1.165) is 9.37 Å². The number of amides is 4. The quantitative estimate of drug-likeness (QED) is 0.309. The highest BCUT2D eigenvalue weighted by molar-refractivity contribution is 9.10. The first-order chi connectivity index (χ1) is 14.3. The molecule has 1 fully saturated rings. The number of anilines is 1. The van der Waals surface area contributed by atoms with Crippen LogP contribution in [0.5, 0.6) is 11.5 Å². The summed E-state index contributed by atoms with van der Waals surface area (Å²) < 4.78 is 11.4. The van der Waals surface area contributed by atoms with Gasteiger partial charge in [-0.3, -0.25) is 19.7 Å². The summed E-state index contributed by atoms with van der Waals surface area (Å²) in [6.45, 7) is 3.35. The third-order valence-corrected chi connectivity index (χ3v) is 4.55. The lowest BCUT2D eigenvalue weighted by atomic mass is 10.1. The average molecular weight is 473 g/mol. The number of esters is 1. The van der Waals surface area contributed by atoms with Gasteiger partial charge in [0.15, 0.2) is 11.5 Å². The van der Waals surface area contributed by atoms with Crippen molar-refractivity contribution < 1.29 is 28.7 Å². The second kappa shape index (κ2) is 8.91. The summed E-state index contributed by atoms with van der Waals surface area (Å²) in [6.07, 6.45) is 1.34. The molecule has 0 saturated carbocycles. The molecule has 1 aliphatic rings. The number of nitrogens with zero attached hydrogens (tertiary/aromatic N) is 1. The molecule has 9 heteroatoms. The van der Waals surface area contributed by atoms with Gasteiger partial charge in [0.25, 0.3) is 11.8 Å². The molecule has 154 valence electrons. The molecule has 8 nitrogen and oxygen atoms in total. The number of ether oxygens (including phenoxy) is 2. The third-order valence-electron chi connectivity index (χ3n) is 4.02. The van der Waals surface area contributed by atoms with Crippen molar-refractivity contribution in [2.45, 2.75) is 13.8 Å². The van der Waals surface area contributed by atoms with Gasteiger partial charge in [-0.1, -0.05) is 22.0 Å². The van der Waals surface area contributed by atoms with Gasteiger partial charge in [0, 0.05) is 11.4 Å². The molecule has 0 spiro atoms. The van der Waals surface area contributed by atoms with Crippen molar-refractivity contribution in [1.82, 2.24) is 5.32 Å². The minimum atomic E-state index is -0.829. The first-order valence-corrected chi connectivity index (χ1v) is 9.71. The number of nitrogens with one attached hydrogen (secondary N) is 1. The maximum Gasteiger partial charge on any atom is 0.335 e. The van der Waals surface area contributed by atoms with E-state index in [1.54, 1.807) is 37.3 Å². The fraction of sp³-hybridized carbons (Fsp3) is 0.143. The molecule has 4 amide bonds. The average Bonchev–Trinajstić information content (AvgIpc) is 2.68. The van der Waals surface area contributed by atoms with Crippen LogP contribution in [0.3, 0.4) is 0 Å². The molecule has 1 heterocycles. The molecule has 2 aromatic rings. The van der Waals surface area contributed by atoms with Gasteiger partial charge in [0.05, 0.1) is 12.3 Å². The minimum absolute atomic E-state index is 0.220. The number of carbonyl (C=O) groups is 4. The molecular weight excluding hydrogens is 456 g/mol. The van der Waals surface area contributed by atoms with Gasteiger partial charge >= 0.3 is 12.0 Å². The topological polar surface area (TPSA) is 102 Å². The van der Waals surface area contributed by atoms with Crippen molar-refractivity contribution in [3.8, 4) is 11.5 Å². The van der Waals surface area contributed by atoms with Crippen molar-refractivity contribution in [3.05, 3.63) is 58.1 Å². The lowest BCUT2D eigenvalue weighted by Crippen LogP contribution is -2.54. The summed E-state index contributed by atoms with van der Waals surface area (Å²) in [4.78, 5) is 49.6. The molecule has 3 rings (SSSR count). The number of hydrogen-bond donors (Lipinski definition) is 1. The number of imide groups is 2. The molecule has 0 radical (unpaired) electrons. The second-order valence-corrected chi connectivity index (χ2v) is 7.08. The Kier molecular flexibility index (Phi) is 6.31. The fourth-order valence-corrected chi connectivity index (χ4v) is 3.04. The number of carbonyl (C=O) groups excluding carboxylic acids is 4. The molecule has 1 aliphatic heterocycles. The standard InChI is InChI=1S/C21H17BrN2O6/c1-3-29-18-11-13(4-9-17(18)30-12(2)25)10-16-19(26)23-21(28)24(20(16)27)15-7-5-14(22)6-8-15/h4-11H,3H2,1-2H3,(H,23,26,28)/b16-10-.